The van der Waals surface area contributed by atoms with Crippen molar-refractivity contribution in [2.24, 2.45) is 5.73 Å². The Morgan fingerprint density at radius 3 is 2.60 bits per heavy atom. The van der Waals surface area contributed by atoms with Crippen LogP contribution in [0.15, 0.2) is 48.7 Å². The molecule has 0 radical (unpaired) electrons. The molecule has 0 amide bonds. The third-order valence-corrected chi connectivity index (χ3v) is 3.71. The van der Waals surface area contributed by atoms with E-state index in [0.717, 1.165) is 22.0 Å². The third kappa shape index (κ3) is 2.42. The molecule has 0 fully saturated rings. The van der Waals surface area contributed by atoms with E-state index >= 15 is 0 Å². The minimum Gasteiger partial charge on any atom is -0.343 e. The molecule has 4 heteroatoms. The van der Waals surface area contributed by atoms with Crippen molar-refractivity contribution in [2.75, 3.05) is 0 Å². The Morgan fingerprint density at radius 2 is 1.85 bits per heavy atom. The van der Waals surface area contributed by atoms with E-state index in [9.17, 15) is 4.39 Å². The Kier molecular flexibility index (Phi) is 3.47. The molecule has 1 aromatic heterocycles. The molecule has 3 aromatic rings. The van der Waals surface area contributed by atoms with Crippen LogP contribution in [0.4, 0.5) is 4.39 Å². The van der Waals surface area contributed by atoms with E-state index in [0.29, 0.717) is 13.1 Å². The van der Waals surface area contributed by atoms with E-state index in [4.69, 9.17) is 17.3 Å². The monoisotopic (exact) mass is 288 g/mol. The predicted octanol–water partition coefficient (Wildman–Crippen LogP) is 3.94. The maximum atomic E-state index is 13.5. The topological polar surface area (TPSA) is 30.9 Å². The van der Waals surface area contributed by atoms with Gasteiger partial charge in [0.2, 0.25) is 0 Å². The van der Waals surface area contributed by atoms with E-state index in [1.165, 1.54) is 6.07 Å². The molecule has 0 saturated carbocycles. The number of nitrogens with zero attached hydrogens (tertiary/aromatic N) is 1. The average Bonchev–Trinajstić information content (AvgIpc) is 2.85. The van der Waals surface area contributed by atoms with E-state index in [1.54, 1.807) is 6.07 Å². The van der Waals surface area contributed by atoms with E-state index < -0.39 is 0 Å². The van der Waals surface area contributed by atoms with Crippen LogP contribution in [0.25, 0.3) is 10.9 Å². The highest BCUT2D eigenvalue weighted by Crippen LogP contribution is 2.21. The Hall–Kier alpha value is -1.84. The molecule has 2 N–H and O–H groups in total. The lowest BCUT2D eigenvalue weighted by Crippen LogP contribution is -1.99. The Bertz CT molecular complexity index is 764. The first kappa shape index (κ1) is 13.2. The number of fused-ring (bicyclic) bond motifs is 1. The van der Waals surface area contributed by atoms with Crippen LogP contribution in [0.2, 0.25) is 5.02 Å². The van der Waals surface area contributed by atoms with Gasteiger partial charge in [-0.1, -0.05) is 23.7 Å². The normalized spacial score (nSPS) is 11.2. The zero-order valence-corrected chi connectivity index (χ0v) is 11.6. The fraction of sp³-hybridized carbons (Fsp3) is 0.125. The third-order valence-electron chi connectivity index (χ3n) is 3.41. The van der Waals surface area contributed by atoms with Crippen molar-refractivity contribution in [3.63, 3.8) is 0 Å². The Labute approximate surface area is 121 Å². The second-order valence-electron chi connectivity index (χ2n) is 4.79. The van der Waals surface area contributed by atoms with Gasteiger partial charge in [-0.3, -0.25) is 0 Å². The molecular formula is C16H14ClFN2. The van der Waals surface area contributed by atoms with Crippen molar-refractivity contribution in [2.45, 2.75) is 13.1 Å². The largest absolute Gasteiger partial charge is 0.343 e. The second kappa shape index (κ2) is 5.27. The summed E-state index contributed by atoms with van der Waals surface area (Å²) >= 11 is 5.70. The molecule has 20 heavy (non-hydrogen) atoms. The maximum absolute atomic E-state index is 13.5. The number of halogens is 2. The van der Waals surface area contributed by atoms with Gasteiger partial charge in [0.15, 0.2) is 0 Å². The van der Waals surface area contributed by atoms with E-state index in [-0.39, 0.29) is 10.8 Å². The van der Waals surface area contributed by atoms with Gasteiger partial charge < -0.3 is 10.3 Å². The van der Waals surface area contributed by atoms with Crippen LogP contribution < -0.4 is 5.73 Å². The van der Waals surface area contributed by atoms with Crippen molar-refractivity contribution >= 4 is 22.5 Å². The SMILES string of the molecule is NCc1ccc2c(ccn2Cc2ccc(Cl)c(F)c2)c1. The predicted molar refractivity (Wildman–Crippen MR) is 80.3 cm³/mol. The summed E-state index contributed by atoms with van der Waals surface area (Å²) in [4.78, 5) is 0. The molecule has 3 rings (SSSR count). The van der Waals surface area contributed by atoms with Gasteiger partial charge >= 0.3 is 0 Å². The van der Waals surface area contributed by atoms with Crippen molar-refractivity contribution in [1.82, 2.24) is 4.57 Å². The molecule has 0 saturated heterocycles. The summed E-state index contributed by atoms with van der Waals surface area (Å²) in [7, 11) is 0. The van der Waals surface area contributed by atoms with Crippen LogP contribution >= 0.6 is 11.6 Å². The van der Waals surface area contributed by atoms with Crippen molar-refractivity contribution in [3.8, 4) is 0 Å². The van der Waals surface area contributed by atoms with Crippen LogP contribution in [0, 0.1) is 5.82 Å². The fourth-order valence-electron chi connectivity index (χ4n) is 2.35. The van der Waals surface area contributed by atoms with Crippen LogP contribution in [0.5, 0.6) is 0 Å². The second-order valence-corrected chi connectivity index (χ2v) is 5.20. The number of rotatable bonds is 3. The van der Waals surface area contributed by atoms with E-state index in [1.807, 2.05) is 30.5 Å². The first-order chi connectivity index (χ1) is 9.67. The minimum atomic E-state index is -0.383. The summed E-state index contributed by atoms with van der Waals surface area (Å²) in [5, 5.41) is 1.29. The quantitative estimate of drug-likeness (QED) is 0.777. The van der Waals surface area contributed by atoms with Gasteiger partial charge in [0, 0.05) is 24.8 Å². The van der Waals surface area contributed by atoms with Crippen molar-refractivity contribution in [1.29, 1.82) is 0 Å². The Balaban J connectivity index is 1.96. The molecule has 102 valence electrons. The number of aromatic nitrogens is 1. The van der Waals surface area contributed by atoms with Crippen molar-refractivity contribution < 1.29 is 4.39 Å². The van der Waals surface area contributed by atoms with Gasteiger partial charge in [0.05, 0.1) is 5.02 Å². The summed E-state index contributed by atoms with van der Waals surface area (Å²) in [6.45, 7) is 1.14. The molecule has 0 atom stereocenters. The summed E-state index contributed by atoms with van der Waals surface area (Å²) in [6, 6.07) is 13.1. The first-order valence-electron chi connectivity index (χ1n) is 6.39. The molecule has 0 aliphatic carbocycles. The summed E-state index contributed by atoms with van der Waals surface area (Å²) in [6.07, 6.45) is 2.00. The lowest BCUT2D eigenvalue weighted by Gasteiger charge is -2.07. The highest BCUT2D eigenvalue weighted by molar-refractivity contribution is 6.30. The van der Waals surface area contributed by atoms with Gasteiger partial charge in [0.25, 0.3) is 0 Å². The molecule has 0 aliphatic rings. The minimum absolute atomic E-state index is 0.152. The van der Waals surface area contributed by atoms with Crippen LogP contribution in [0.3, 0.4) is 0 Å². The lowest BCUT2D eigenvalue weighted by molar-refractivity contribution is 0.624. The molecule has 2 aromatic carbocycles. The average molecular weight is 289 g/mol. The molecule has 2 nitrogen and oxygen atoms in total. The number of hydrogen-bond donors (Lipinski definition) is 1. The smallest absolute Gasteiger partial charge is 0.142 e. The van der Waals surface area contributed by atoms with Gasteiger partial charge in [-0.2, -0.15) is 0 Å². The molecular weight excluding hydrogens is 275 g/mol. The lowest BCUT2D eigenvalue weighted by atomic mass is 10.1. The zero-order chi connectivity index (χ0) is 14.1. The highest BCUT2D eigenvalue weighted by atomic mass is 35.5. The number of hydrogen-bond acceptors (Lipinski definition) is 1. The van der Waals surface area contributed by atoms with E-state index in [2.05, 4.69) is 10.6 Å². The van der Waals surface area contributed by atoms with Gasteiger partial charge in [-0.15, -0.1) is 0 Å². The highest BCUT2D eigenvalue weighted by Gasteiger charge is 2.05. The molecule has 0 bridgehead atoms. The fourth-order valence-corrected chi connectivity index (χ4v) is 2.47. The van der Waals surface area contributed by atoms with Crippen molar-refractivity contribution in [3.05, 3.63) is 70.6 Å². The first-order valence-corrected chi connectivity index (χ1v) is 6.77. The van der Waals surface area contributed by atoms with Gasteiger partial charge in [-0.25, -0.2) is 4.39 Å². The van der Waals surface area contributed by atoms with Crippen LogP contribution in [-0.2, 0) is 13.1 Å². The molecule has 0 unspecified atom stereocenters. The summed E-state index contributed by atoms with van der Waals surface area (Å²) < 4.78 is 15.5. The van der Waals surface area contributed by atoms with Gasteiger partial charge in [-0.05, 0) is 46.8 Å². The maximum Gasteiger partial charge on any atom is 0.142 e. The molecule has 0 aliphatic heterocycles. The van der Waals surface area contributed by atoms with Gasteiger partial charge in [0.1, 0.15) is 5.82 Å². The standard InChI is InChI=1S/C16H14ClFN2/c17-14-3-1-12(8-15(14)18)10-20-6-5-13-7-11(9-19)2-4-16(13)20/h1-8H,9-10,19H2. The Morgan fingerprint density at radius 1 is 1.05 bits per heavy atom. The number of nitrogens with two attached hydrogens (primary N) is 1. The zero-order valence-electron chi connectivity index (χ0n) is 10.8. The van der Waals surface area contributed by atoms with Crippen LogP contribution in [0.1, 0.15) is 11.1 Å². The summed E-state index contributed by atoms with van der Waals surface area (Å²) in [5.41, 5.74) is 8.74. The van der Waals surface area contributed by atoms with Crippen LogP contribution in [-0.4, -0.2) is 4.57 Å². The molecule has 0 spiro atoms. The summed E-state index contributed by atoms with van der Waals surface area (Å²) in [5.74, 6) is -0.383. The number of benzene rings is 2. The molecule has 1 heterocycles.